The number of nitrogens with two attached hydrogens (primary N) is 3. The van der Waals surface area contributed by atoms with Crippen LogP contribution in [0.15, 0.2) is 30.5 Å². The number of aliphatic carboxylic acids is 1. The van der Waals surface area contributed by atoms with Gasteiger partial charge in [0.05, 0.1) is 25.3 Å². The standard InChI is InChI=1S/C51H77N13O15S/c1-26(2)21-34(60-48(75)37-11-7-19-64(37)50(77)38-12-8-18-63(38)41(69)24-56-43(70)30(52)13-15-39(53)67)46(73)57-33(17-20-80-4)45(72)59-35(22-28-23-55-31-10-6-5-9-29(28)31)47(74)62-42(27(3)66)49(76)58-32(14-16-40(54)68)44(71)61-36(25-65)51(78)79/h5-6,9-10,23,26-27,30,32-38,42,55,65-66H,7-8,11-22,24-25,52H2,1-4H3,(H2,53,67)(H2,54,68)(H,56,70)(H,57,73)(H,58,76)(H,59,72)(H,60,75)(H,61,71)(H,62,74)(H,78,79)/t27-,30+,32+,33+,34+,35+,36+,37+,38+,42+/m1/s1. The van der Waals surface area contributed by atoms with Gasteiger partial charge in [-0.15, -0.1) is 0 Å². The van der Waals surface area contributed by atoms with Gasteiger partial charge in [0, 0.05) is 49.5 Å². The summed E-state index contributed by atoms with van der Waals surface area (Å²) >= 11 is 1.35. The van der Waals surface area contributed by atoms with Crippen molar-refractivity contribution in [2.24, 2.45) is 23.1 Å². The molecule has 1 aromatic carbocycles. The van der Waals surface area contributed by atoms with Crippen molar-refractivity contribution in [3.63, 3.8) is 0 Å². The Bertz CT molecular complexity index is 2560. The summed E-state index contributed by atoms with van der Waals surface area (Å²) in [5.41, 5.74) is 17.5. The Morgan fingerprint density at radius 3 is 1.88 bits per heavy atom. The van der Waals surface area contributed by atoms with Crippen LogP contribution < -0.4 is 54.4 Å². The van der Waals surface area contributed by atoms with Crippen LogP contribution >= 0.6 is 11.8 Å². The molecule has 0 spiro atoms. The van der Waals surface area contributed by atoms with Crippen LogP contribution in [0.3, 0.4) is 0 Å². The minimum Gasteiger partial charge on any atom is -0.480 e. The summed E-state index contributed by atoms with van der Waals surface area (Å²) in [6.07, 6.45) is 2.04. The second kappa shape index (κ2) is 31.4. The van der Waals surface area contributed by atoms with E-state index in [4.69, 9.17) is 17.2 Å². The highest BCUT2D eigenvalue weighted by Crippen LogP contribution is 2.26. The maximum Gasteiger partial charge on any atom is 0.328 e. The summed E-state index contributed by atoms with van der Waals surface area (Å²) in [7, 11) is 0. The molecule has 28 nitrogen and oxygen atoms in total. The maximum atomic E-state index is 14.5. The first-order valence-electron chi connectivity index (χ1n) is 26.4. The number of nitrogens with zero attached hydrogens (tertiary/aromatic N) is 2. The number of carboxylic acid groups (broad SMARTS) is 1. The number of carbonyl (C=O) groups is 12. The molecule has 1 aromatic heterocycles. The Kier molecular flexibility index (Phi) is 25.6. The lowest BCUT2D eigenvalue weighted by Gasteiger charge is -2.32. The van der Waals surface area contributed by atoms with Crippen molar-refractivity contribution in [3.05, 3.63) is 36.0 Å². The summed E-state index contributed by atoms with van der Waals surface area (Å²) in [6, 6.07) is -5.29. The SMILES string of the molecule is CSCC[C@H](NC(=O)[C@H](CC(C)C)NC(=O)[C@@H]1CCCN1C(=O)[C@@H]1CCCN1C(=O)CNC(=O)[C@@H](N)CCC(N)=O)C(=O)N[C@@H](Cc1c[nH]c2ccccc12)C(=O)N[C@H](C(=O)N[C@@H](CCC(N)=O)C(=O)N[C@@H](CO)C(=O)O)[C@@H](C)O. The van der Waals surface area contributed by atoms with Crippen LogP contribution in [0.25, 0.3) is 10.9 Å². The molecule has 2 aromatic rings. The van der Waals surface area contributed by atoms with Gasteiger partial charge in [0.25, 0.3) is 0 Å². The fraction of sp³-hybridized carbons (Fsp3) is 0.608. The molecule has 10 atom stereocenters. The normalized spacial score (nSPS) is 18.1. The molecule has 0 aliphatic carbocycles. The average molecular weight is 1140 g/mol. The fourth-order valence-corrected chi connectivity index (χ4v) is 9.80. The lowest BCUT2D eigenvalue weighted by atomic mass is 10.0. The lowest BCUT2D eigenvalue weighted by molar-refractivity contribution is -0.147. The highest BCUT2D eigenvalue weighted by atomic mass is 32.2. The number of H-pyrrole nitrogens is 1. The molecule has 442 valence electrons. The van der Waals surface area contributed by atoms with E-state index in [0.717, 1.165) is 6.92 Å². The number of hydrogen-bond acceptors (Lipinski definition) is 16. The summed E-state index contributed by atoms with van der Waals surface area (Å²) in [5.74, 6) is -10.2. The third-order valence-electron chi connectivity index (χ3n) is 13.6. The van der Waals surface area contributed by atoms with Gasteiger partial charge >= 0.3 is 5.97 Å². The molecule has 11 amide bonds. The second-order valence-corrected chi connectivity index (χ2v) is 21.3. The van der Waals surface area contributed by atoms with Crippen molar-refractivity contribution in [2.45, 2.75) is 152 Å². The van der Waals surface area contributed by atoms with Crippen LogP contribution in [0.4, 0.5) is 0 Å². The topological polar surface area (TPSA) is 450 Å². The maximum absolute atomic E-state index is 14.5. The number of carbonyl (C=O) groups excluding carboxylic acids is 11. The highest BCUT2D eigenvalue weighted by molar-refractivity contribution is 7.98. The first-order valence-corrected chi connectivity index (χ1v) is 27.8. The van der Waals surface area contributed by atoms with Gasteiger partial charge in [-0.1, -0.05) is 32.0 Å². The molecule has 3 heterocycles. The molecule has 0 bridgehead atoms. The van der Waals surface area contributed by atoms with Crippen LogP contribution in [0.5, 0.6) is 0 Å². The van der Waals surface area contributed by atoms with E-state index in [0.29, 0.717) is 41.5 Å². The zero-order valence-corrected chi connectivity index (χ0v) is 46.1. The number of aromatic amines is 1. The van der Waals surface area contributed by atoms with E-state index in [2.05, 4.69) is 36.9 Å². The van der Waals surface area contributed by atoms with Crippen LogP contribution in [0.1, 0.15) is 90.5 Å². The van der Waals surface area contributed by atoms with E-state index in [-0.39, 0.29) is 57.5 Å². The zero-order valence-electron chi connectivity index (χ0n) is 45.3. The summed E-state index contributed by atoms with van der Waals surface area (Å²) < 4.78 is 0. The molecule has 0 unspecified atom stereocenters. The van der Waals surface area contributed by atoms with Gasteiger partial charge in [0.15, 0.2) is 0 Å². The number of aromatic nitrogens is 1. The molecule has 29 heteroatoms. The lowest BCUT2D eigenvalue weighted by Crippen LogP contribution is -2.62. The Hall–Kier alpha value is -7.37. The number of para-hydroxylation sites is 1. The van der Waals surface area contributed by atoms with Gasteiger partial charge in [0.2, 0.25) is 65.0 Å². The van der Waals surface area contributed by atoms with Gasteiger partial charge in [-0.05, 0) is 87.8 Å². The molecule has 2 fully saturated rings. The molecule has 17 N–H and O–H groups in total. The van der Waals surface area contributed by atoms with Crippen molar-refractivity contribution < 1.29 is 72.9 Å². The first-order chi connectivity index (χ1) is 37.9. The van der Waals surface area contributed by atoms with Crippen LogP contribution in [0, 0.1) is 5.92 Å². The monoisotopic (exact) mass is 1140 g/mol. The van der Waals surface area contributed by atoms with E-state index in [1.807, 2.05) is 19.2 Å². The van der Waals surface area contributed by atoms with Crippen LogP contribution in [-0.4, -0.2) is 200 Å². The number of nitrogens with one attached hydrogen (secondary N) is 8. The Labute approximate surface area is 466 Å². The first kappa shape index (κ1) is 65.2. The van der Waals surface area contributed by atoms with E-state index in [9.17, 15) is 72.9 Å². The Morgan fingerprint density at radius 2 is 1.26 bits per heavy atom. The van der Waals surface area contributed by atoms with Gasteiger partial charge in [-0.2, -0.15) is 11.8 Å². The molecule has 2 saturated heterocycles. The number of thioether (sulfide) groups is 1. The molecule has 2 aliphatic rings. The second-order valence-electron chi connectivity index (χ2n) is 20.3. The number of primary amides is 2. The summed E-state index contributed by atoms with van der Waals surface area (Å²) in [4.78, 5) is 165. The van der Waals surface area contributed by atoms with Crippen molar-refractivity contribution in [2.75, 3.05) is 38.2 Å². The summed E-state index contributed by atoms with van der Waals surface area (Å²) in [6.45, 7) is 3.70. The average Bonchev–Trinajstić information content (AvgIpc) is 4.24. The van der Waals surface area contributed by atoms with E-state index >= 15 is 0 Å². The molecule has 2 aliphatic heterocycles. The minimum atomic E-state index is -1.83. The summed E-state index contributed by atoms with van der Waals surface area (Å²) in [5, 5.41) is 47.8. The predicted molar refractivity (Wildman–Crippen MR) is 290 cm³/mol. The molecular formula is C51H77N13O15S. The van der Waals surface area contributed by atoms with Crippen molar-refractivity contribution in [3.8, 4) is 0 Å². The number of benzene rings is 1. The molecule has 0 saturated carbocycles. The third-order valence-corrected chi connectivity index (χ3v) is 14.3. The largest absolute Gasteiger partial charge is 0.480 e. The number of hydrogen-bond donors (Lipinski definition) is 14. The number of likely N-dealkylation sites (tertiary alicyclic amines) is 2. The molecular weight excluding hydrogens is 1070 g/mol. The van der Waals surface area contributed by atoms with E-state index in [1.165, 1.54) is 21.6 Å². The van der Waals surface area contributed by atoms with Gasteiger partial charge in [0.1, 0.15) is 48.3 Å². The number of carboxylic acids is 1. The van der Waals surface area contributed by atoms with Gasteiger partial charge in [-0.25, -0.2) is 4.79 Å². The van der Waals surface area contributed by atoms with Crippen LogP contribution in [0.2, 0.25) is 0 Å². The quantitative estimate of drug-likeness (QED) is 0.0331. The number of fused-ring (bicyclic) bond motifs is 1. The van der Waals surface area contributed by atoms with Crippen LogP contribution in [-0.2, 0) is 64.0 Å². The number of aliphatic hydroxyl groups is 2. The number of rotatable bonds is 32. The fourth-order valence-electron chi connectivity index (χ4n) is 9.32. The van der Waals surface area contributed by atoms with Crippen molar-refractivity contribution in [1.29, 1.82) is 0 Å². The van der Waals surface area contributed by atoms with Gasteiger partial charge in [-0.3, -0.25) is 52.7 Å². The highest BCUT2D eigenvalue weighted by Gasteiger charge is 2.43. The van der Waals surface area contributed by atoms with Crippen molar-refractivity contribution in [1.82, 2.24) is 52.0 Å². The zero-order chi connectivity index (χ0) is 59.4. The number of aliphatic hydroxyl groups excluding tert-OH is 2. The molecule has 4 rings (SSSR count). The van der Waals surface area contributed by atoms with Gasteiger partial charge < -0.3 is 84.5 Å². The molecule has 0 radical (unpaired) electrons. The Balaban J connectivity index is 1.54. The van der Waals surface area contributed by atoms with E-state index < -0.39 is 157 Å². The molecule has 80 heavy (non-hydrogen) atoms. The minimum absolute atomic E-state index is 0.0229. The number of amides is 11. The Morgan fingerprint density at radius 1 is 0.700 bits per heavy atom. The van der Waals surface area contributed by atoms with Crippen molar-refractivity contribution >= 4 is 93.6 Å². The third kappa shape index (κ3) is 19.2. The smallest absolute Gasteiger partial charge is 0.328 e. The predicted octanol–water partition coefficient (Wildman–Crippen LogP) is -4.17. The van der Waals surface area contributed by atoms with E-state index in [1.54, 1.807) is 36.7 Å².